The number of carbonyl (C=O) groups excluding carboxylic acids is 1. The predicted molar refractivity (Wildman–Crippen MR) is 80.8 cm³/mol. The molecule has 0 aliphatic carbocycles. The fraction of sp³-hybridized carbons (Fsp3) is 0.706. The zero-order valence-electron chi connectivity index (χ0n) is 13.7. The van der Waals surface area contributed by atoms with Crippen molar-refractivity contribution in [1.82, 2.24) is 0 Å². The standard InChI is InChI=1S/C12H23O.C5H7.Y/c1-9(8-11(2,3)4)10(13)12(5,6)7;1-3-5-4-2;/h9H,1,8H2,2-7H3;1H,2,4-5H2;/q2*-1;. The second-order valence-electron chi connectivity index (χ2n) is 6.88. The summed E-state index contributed by atoms with van der Waals surface area (Å²) in [4.78, 5) is 11.8. The van der Waals surface area contributed by atoms with Crippen LogP contribution >= 0.6 is 0 Å². The first-order chi connectivity index (χ1) is 7.95. The largest absolute Gasteiger partial charge is 0.342 e. The Morgan fingerprint density at radius 2 is 1.63 bits per heavy atom. The van der Waals surface area contributed by atoms with E-state index in [-0.39, 0.29) is 55.2 Å². The molecule has 109 valence electrons. The third-order valence-electron chi connectivity index (χ3n) is 2.29. The van der Waals surface area contributed by atoms with Crippen molar-refractivity contribution >= 4 is 5.78 Å². The molecular weight excluding hydrogens is 309 g/mol. The van der Waals surface area contributed by atoms with Gasteiger partial charge >= 0.3 is 0 Å². The number of terminal acetylenes is 1. The van der Waals surface area contributed by atoms with Gasteiger partial charge in [0.05, 0.1) is 0 Å². The first-order valence-electron chi connectivity index (χ1n) is 6.56. The molecule has 0 aromatic rings. The molecule has 0 aliphatic heterocycles. The van der Waals surface area contributed by atoms with E-state index in [0.717, 1.165) is 19.3 Å². The van der Waals surface area contributed by atoms with Crippen LogP contribution in [0.4, 0.5) is 0 Å². The van der Waals surface area contributed by atoms with Crippen LogP contribution in [0.5, 0.6) is 0 Å². The van der Waals surface area contributed by atoms with Crippen molar-refractivity contribution < 1.29 is 37.5 Å². The van der Waals surface area contributed by atoms with Crippen LogP contribution in [-0.4, -0.2) is 5.78 Å². The normalized spacial score (nSPS) is 12.4. The minimum atomic E-state index is -0.252. The van der Waals surface area contributed by atoms with Crippen molar-refractivity contribution in [3.05, 3.63) is 13.8 Å². The summed E-state index contributed by atoms with van der Waals surface area (Å²) >= 11 is 0. The van der Waals surface area contributed by atoms with Gasteiger partial charge in [-0.2, -0.15) is 6.42 Å². The molecule has 0 aliphatic rings. The third kappa shape index (κ3) is 16.3. The van der Waals surface area contributed by atoms with Crippen molar-refractivity contribution in [2.24, 2.45) is 16.7 Å². The van der Waals surface area contributed by atoms with Crippen LogP contribution in [0.15, 0.2) is 0 Å². The van der Waals surface area contributed by atoms with Gasteiger partial charge < -0.3 is 18.6 Å². The van der Waals surface area contributed by atoms with Gasteiger partial charge in [0.2, 0.25) is 0 Å². The van der Waals surface area contributed by atoms with Gasteiger partial charge in [-0.1, -0.05) is 48.0 Å². The van der Waals surface area contributed by atoms with Crippen molar-refractivity contribution in [3.63, 3.8) is 0 Å². The van der Waals surface area contributed by atoms with Crippen LogP contribution in [0, 0.1) is 42.9 Å². The molecule has 0 aromatic heterocycles. The number of rotatable bonds is 3. The number of carbonyl (C=O) groups is 1. The van der Waals surface area contributed by atoms with Crippen LogP contribution in [-0.2, 0) is 37.5 Å². The summed E-state index contributed by atoms with van der Waals surface area (Å²) < 4.78 is 0. The second kappa shape index (κ2) is 11.0. The maximum Gasteiger partial charge on any atom is 0.111 e. The van der Waals surface area contributed by atoms with Crippen molar-refractivity contribution in [3.8, 4) is 12.3 Å². The number of ketones is 1. The molecule has 0 spiro atoms. The van der Waals surface area contributed by atoms with E-state index in [1.807, 2.05) is 20.8 Å². The molecule has 0 amide bonds. The fourth-order valence-corrected chi connectivity index (χ4v) is 1.55. The molecule has 0 N–H and O–H groups in total. The summed E-state index contributed by atoms with van der Waals surface area (Å²) in [5.74, 6) is 2.65. The Hall–Kier alpha value is 0.334. The number of hydrogen-bond acceptors (Lipinski definition) is 1. The van der Waals surface area contributed by atoms with E-state index in [4.69, 9.17) is 6.42 Å². The van der Waals surface area contributed by atoms with Gasteiger partial charge in [0.1, 0.15) is 5.78 Å². The molecule has 1 atom stereocenters. The molecular formula is C17H30OY-2. The van der Waals surface area contributed by atoms with E-state index in [1.54, 1.807) is 0 Å². The SMILES string of the molecule is C#CCC[CH2-].[CH2-]C(CC(C)(C)C)C(=O)C(C)(C)C.[Y]. The van der Waals surface area contributed by atoms with E-state index in [1.165, 1.54) is 0 Å². The van der Waals surface area contributed by atoms with Gasteiger partial charge in [0.15, 0.2) is 0 Å². The molecule has 2 heteroatoms. The van der Waals surface area contributed by atoms with Gasteiger partial charge in [0, 0.05) is 38.1 Å². The van der Waals surface area contributed by atoms with Crippen LogP contribution in [0.2, 0.25) is 0 Å². The van der Waals surface area contributed by atoms with Gasteiger partial charge in [-0.3, -0.25) is 0 Å². The summed E-state index contributed by atoms with van der Waals surface area (Å²) in [6.07, 6.45) is 7.38. The molecule has 0 rings (SSSR count). The summed E-state index contributed by atoms with van der Waals surface area (Å²) in [5, 5.41) is 0. The minimum Gasteiger partial charge on any atom is -0.342 e. The van der Waals surface area contributed by atoms with Gasteiger partial charge in [-0.25, -0.2) is 0 Å². The average molecular weight is 339 g/mol. The van der Waals surface area contributed by atoms with Crippen molar-refractivity contribution in [1.29, 1.82) is 0 Å². The summed E-state index contributed by atoms with van der Waals surface area (Å²) in [6, 6.07) is 0. The molecule has 0 saturated carbocycles. The van der Waals surface area contributed by atoms with E-state index in [9.17, 15) is 4.79 Å². The maximum atomic E-state index is 11.8. The molecule has 1 radical (unpaired) electrons. The first-order valence-corrected chi connectivity index (χ1v) is 6.56. The summed E-state index contributed by atoms with van der Waals surface area (Å²) in [5.41, 5.74) is -0.0645. The Bertz CT molecular complexity index is 273. The van der Waals surface area contributed by atoms with E-state index >= 15 is 0 Å². The van der Waals surface area contributed by atoms with Crippen molar-refractivity contribution in [2.45, 2.75) is 60.8 Å². The average Bonchev–Trinajstić information content (AvgIpc) is 2.14. The van der Waals surface area contributed by atoms with Crippen LogP contribution < -0.4 is 0 Å². The van der Waals surface area contributed by atoms with E-state index in [2.05, 4.69) is 40.5 Å². The zero-order valence-corrected chi connectivity index (χ0v) is 16.5. The molecule has 0 fully saturated rings. The molecule has 19 heavy (non-hydrogen) atoms. The van der Waals surface area contributed by atoms with E-state index < -0.39 is 0 Å². The smallest absolute Gasteiger partial charge is 0.111 e. The molecule has 0 heterocycles. The Kier molecular flexibility index (Phi) is 14.2. The molecule has 0 bridgehead atoms. The quantitative estimate of drug-likeness (QED) is 0.537. The van der Waals surface area contributed by atoms with Gasteiger partial charge in [0.25, 0.3) is 0 Å². The second-order valence-corrected chi connectivity index (χ2v) is 6.88. The van der Waals surface area contributed by atoms with Crippen LogP contribution in [0.25, 0.3) is 0 Å². The topological polar surface area (TPSA) is 17.1 Å². The Balaban J connectivity index is -0.000000366. The molecule has 1 nitrogen and oxygen atoms in total. The molecule has 1 unspecified atom stereocenters. The number of unbranched alkanes of at least 4 members (excludes halogenated alkanes) is 1. The fourth-order valence-electron chi connectivity index (χ4n) is 1.55. The maximum absolute atomic E-state index is 11.8. The summed E-state index contributed by atoms with van der Waals surface area (Å²) in [7, 11) is 0. The first kappa shape index (κ1) is 24.4. The molecule has 0 aromatic carbocycles. The Morgan fingerprint density at radius 3 is 1.79 bits per heavy atom. The number of Topliss-reactive ketones (excluding diaryl/α,β-unsaturated/α-hetero) is 1. The van der Waals surface area contributed by atoms with Crippen LogP contribution in [0.1, 0.15) is 60.8 Å². The number of hydrogen-bond donors (Lipinski definition) is 0. The Morgan fingerprint density at radius 1 is 1.21 bits per heavy atom. The predicted octanol–water partition coefficient (Wildman–Crippen LogP) is 4.72. The summed E-state index contributed by atoms with van der Waals surface area (Å²) in [6.45, 7) is 19.8. The van der Waals surface area contributed by atoms with E-state index in [0.29, 0.717) is 0 Å². The van der Waals surface area contributed by atoms with Crippen LogP contribution in [0.3, 0.4) is 0 Å². The minimum absolute atomic E-state index is 0. The zero-order chi connectivity index (χ0) is 15.0. The van der Waals surface area contributed by atoms with Gasteiger partial charge in [-0.15, -0.1) is 18.3 Å². The van der Waals surface area contributed by atoms with Crippen molar-refractivity contribution in [2.75, 3.05) is 0 Å². The monoisotopic (exact) mass is 339 g/mol. The third-order valence-corrected chi connectivity index (χ3v) is 2.29. The molecule has 0 saturated heterocycles. The Labute approximate surface area is 146 Å². The van der Waals surface area contributed by atoms with Gasteiger partial charge in [-0.05, 0) is 11.8 Å².